The van der Waals surface area contributed by atoms with Gasteiger partial charge in [0.2, 0.25) is 0 Å². The number of carbonyl (C=O) groups excluding carboxylic acids is 3. The number of hydrogen-bond donors (Lipinski definition) is 1. The van der Waals surface area contributed by atoms with Crippen molar-refractivity contribution in [1.82, 2.24) is 9.88 Å². The molecule has 0 atom stereocenters. The monoisotopic (exact) mass is 433 g/mol. The molecule has 1 N–H and O–H groups in total. The van der Waals surface area contributed by atoms with Crippen LogP contribution in [0.4, 0.5) is 14.9 Å². The third-order valence-electron chi connectivity index (χ3n) is 5.03. The van der Waals surface area contributed by atoms with Gasteiger partial charge >= 0.3 is 6.03 Å². The molecule has 32 heavy (non-hydrogen) atoms. The van der Waals surface area contributed by atoms with Gasteiger partial charge in [-0.05, 0) is 61.0 Å². The first-order valence-electron chi connectivity index (χ1n) is 9.94. The molecule has 0 radical (unpaired) electrons. The summed E-state index contributed by atoms with van der Waals surface area (Å²) < 4.78 is 20.9. The van der Waals surface area contributed by atoms with Gasteiger partial charge in [0.15, 0.2) is 0 Å². The first-order chi connectivity index (χ1) is 15.4. The second-order valence-corrected chi connectivity index (χ2v) is 7.17. The Kier molecular flexibility index (Phi) is 5.85. The van der Waals surface area contributed by atoms with Crippen LogP contribution >= 0.6 is 0 Å². The van der Waals surface area contributed by atoms with Crippen molar-refractivity contribution >= 4 is 29.6 Å². The molecule has 0 saturated carbocycles. The van der Waals surface area contributed by atoms with E-state index in [1.165, 1.54) is 18.2 Å². The molecule has 0 aliphatic carbocycles. The normalized spacial score (nSPS) is 15.2. The highest BCUT2D eigenvalue weighted by molar-refractivity contribution is 6.39. The fourth-order valence-corrected chi connectivity index (χ4v) is 3.36. The fraction of sp³-hybridized carbons (Fsp3) is 0.125. The molecule has 2 heterocycles. The zero-order valence-corrected chi connectivity index (χ0v) is 17.2. The van der Waals surface area contributed by atoms with Crippen LogP contribution in [-0.4, -0.2) is 29.0 Å². The number of benzene rings is 2. The summed E-state index contributed by atoms with van der Waals surface area (Å²) in [5.74, 6) is -1.29. The molecule has 1 aromatic heterocycles. The van der Waals surface area contributed by atoms with Crippen molar-refractivity contribution in [1.29, 1.82) is 0 Å². The lowest BCUT2D eigenvalue weighted by atomic mass is 10.1. The molecule has 1 aliphatic heterocycles. The summed E-state index contributed by atoms with van der Waals surface area (Å²) in [6, 6.07) is 15.2. The molecule has 0 spiro atoms. The molecule has 1 saturated heterocycles. The van der Waals surface area contributed by atoms with Crippen LogP contribution < -0.4 is 15.0 Å². The van der Waals surface area contributed by atoms with E-state index in [4.69, 9.17) is 4.74 Å². The summed E-state index contributed by atoms with van der Waals surface area (Å²) in [6.45, 7) is 2.83. The molecule has 4 amide bonds. The summed E-state index contributed by atoms with van der Waals surface area (Å²) >= 11 is 0. The van der Waals surface area contributed by atoms with Crippen molar-refractivity contribution in [3.63, 3.8) is 0 Å². The van der Waals surface area contributed by atoms with Crippen molar-refractivity contribution < 1.29 is 23.5 Å². The number of amides is 4. The van der Waals surface area contributed by atoms with Gasteiger partial charge in [-0.25, -0.2) is 14.1 Å². The Bertz CT molecular complexity index is 1210. The largest absolute Gasteiger partial charge is 0.491 e. The lowest BCUT2D eigenvalue weighted by molar-refractivity contribution is -0.122. The number of barbiturate groups is 1. The van der Waals surface area contributed by atoms with Crippen molar-refractivity contribution in [3.8, 4) is 5.75 Å². The van der Waals surface area contributed by atoms with E-state index in [1.54, 1.807) is 12.1 Å². The molecule has 3 aromatic rings. The van der Waals surface area contributed by atoms with Gasteiger partial charge in [0.05, 0.1) is 12.2 Å². The van der Waals surface area contributed by atoms with Crippen molar-refractivity contribution in [2.75, 3.05) is 11.5 Å². The maximum atomic E-state index is 13.2. The standard InChI is InChI=1S/C24H20FN3O4/c1-16-5-2-3-7-21(16)32-14-13-27-12-4-6-19(27)15-20-22(29)26-24(31)28(23(20)30)18-10-8-17(25)9-11-18/h2-12,15H,13-14H2,1H3,(H,26,29,31). The second kappa shape index (κ2) is 8.89. The number of anilines is 1. The van der Waals surface area contributed by atoms with Crippen LogP contribution in [0.5, 0.6) is 5.75 Å². The molecule has 1 aliphatic rings. The number of aromatic nitrogens is 1. The molecule has 4 rings (SSSR count). The van der Waals surface area contributed by atoms with E-state index < -0.39 is 23.7 Å². The van der Waals surface area contributed by atoms with E-state index in [-0.39, 0.29) is 11.3 Å². The zero-order chi connectivity index (χ0) is 22.7. The maximum absolute atomic E-state index is 13.2. The third-order valence-corrected chi connectivity index (χ3v) is 5.03. The molecular formula is C24H20FN3O4. The number of ether oxygens (including phenoxy) is 1. The minimum absolute atomic E-state index is 0.161. The predicted octanol–water partition coefficient (Wildman–Crippen LogP) is 3.68. The Balaban J connectivity index is 1.54. The summed E-state index contributed by atoms with van der Waals surface area (Å²) in [6.07, 6.45) is 3.23. The van der Waals surface area contributed by atoms with E-state index in [1.807, 2.05) is 42.0 Å². The number of urea groups is 1. The Morgan fingerprint density at radius 1 is 1.00 bits per heavy atom. The first kappa shape index (κ1) is 21.0. The van der Waals surface area contributed by atoms with Gasteiger partial charge in [-0.2, -0.15) is 0 Å². The average molecular weight is 433 g/mol. The average Bonchev–Trinajstić information content (AvgIpc) is 3.21. The first-order valence-corrected chi connectivity index (χ1v) is 9.94. The van der Waals surface area contributed by atoms with Crippen LogP contribution in [0.25, 0.3) is 6.08 Å². The van der Waals surface area contributed by atoms with E-state index >= 15 is 0 Å². The third kappa shape index (κ3) is 4.29. The highest BCUT2D eigenvalue weighted by Gasteiger charge is 2.36. The van der Waals surface area contributed by atoms with Crippen molar-refractivity contribution in [2.45, 2.75) is 13.5 Å². The number of nitrogens with zero attached hydrogens (tertiary/aromatic N) is 2. The smallest absolute Gasteiger partial charge is 0.335 e. The Labute approximate surface area is 183 Å². The molecule has 7 nitrogen and oxygen atoms in total. The number of nitrogens with one attached hydrogen (secondary N) is 1. The Hall–Kier alpha value is -4.20. The van der Waals surface area contributed by atoms with Gasteiger partial charge in [-0.1, -0.05) is 18.2 Å². The number of carbonyl (C=O) groups is 3. The molecule has 0 bridgehead atoms. The van der Waals surface area contributed by atoms with Crippen LogP contribution in [0, 0.1) is 12.7 Å². The van der Waals surface area contributed by atoms with Crippen LogP contribution in [0.3, 0.4) is 0 Å². The van der Waals surface area contributed by atoms with Crippen LogP contribution in [0.15, 0.2) is 72.4 Å². The zero-order valence-electron chi connectivity index (χ0n) is 17.2. The van der Waals surface area contributed by atoms with Gasteiger partial charge in [-0.15, -0.1) is 0 Å². The minimum Gasteiger partial charge on any atom is -0.491 e. The van der Waals surface area contributed by atoms with Crippen LogP contribution in [0.2, 0.25) is 0 Å². The van der Waals surface area contributed by atoms with E-state index in [0.717, 1.165) is 28.3 Å². The minimum atomic E-state index is -0.884. The van der Waals surface area contributed by atoms with Gasteiger partial charge < -0.3 is 9.30 Å². The highest BCUT2D eigenvalue weighted by atomic mass is 19.1. The van der Waals surface area contributed by atoms with E-state index in [9.17, 15) is 18.8 Å². The summed E-state index contributed by atoms with van der Waals surface area (Å²) in [5, 5.41) is 2.16. The van der Waals surface area contributed by atoms with Gasteiger partial charge in [-0.3, -0.25) is 14.9 Å². The Morgan fingerprint density at radius 2 is 1.75 bits per heavy atom. The van der Waals surface area contributed by atoms with E-state index in [0.29, 0.717) is 18.8 Å². The van der Waals surface area contributed by atoms with Crippen molar-refractivity contribution in [3.05, 3.63) is 89.5 Å². The molecular weight excluding hydrogens is 413 g/mol. The fourth-order valence-electron chi connectivity index (χ4n) is 3.36. The van der Waals surface area contributed by atoms with E-state index in [2.05, 4.69) is 5.32 Å². The van der Waals surface area contributed by atoms with Gasteiger partial charge in [0.1, 0.15) is 23.7 Å². The quantitative estimate of drug-likeness (QED) is 0.475. The second-order valence-electron chi connectivity index (χ2n) is 7.17. The van der Waals surface area contributed by atoms with Crippen LogP contribution in [-0.2, 0) is 16.1 Å². The Morgan fingerprint density at radius 3 is 2.50 bits per heavy atom. The van der Waals surface area contributed by atoms with Crippen molar-refractivity contribution in [2.24, 2.45) is 0 Å². The number of halogens is 1. The molecule has 0 unspecified atom stereocenters. The van der Waals surface area contributed by atoms with Gasteiger partial charge in [0, 0.05) is 11.9 Å². The maximum Gasteiger partial charge on any atom is 0.335 e. The summed E-state index contributed by atoms with van der Waals surface area (Å²) in [7, 11) is 0. The highest BCUT2D eigenvalue weighted by Crippen LogP contribution is 2.22. The lowest BCUT2D eigenvalue weighted by Crippen LogP contribution is -2.54. The predicted molar refractivity (Wildman–Crippen MR) is 117 cm³/mol. The SMILES string of the molecule is Cc1ccccc1OCCn1cccc1C=C1C(=O)NC(=O)N(c2ccc(F)cc2)C1=O. The summed E-state index contributed by atoms with van der Waals surface area (Å²) in [5.41, 5.74) is 1.59. The molecule has 1 fully saturated rings. The van der Waals surface area contributed by atoms with Gasteiger partial charge in [0.25, 0.3) is 11.8 Å². The molecule has 8 heteroatoms. The summed E-state index contributed by atoms with van der Waals surface area (Å²) in [4.78, 5) is 38.4. The lowest BCUT2D eigenvalue weighted by Gasteiger charge is -2.26. The van der Waals surface area contributed by atoms with Crippen LogP contribution in [0.1, 0.15) is 11.3 Å². The molecule has 2 aromatic carbocycles. The topological polar surface area (TPSA) is 80.6 Å². The molecule has 162 valence electrons. The number of rotatable bonds is 6. The number of imide groups is 2. The number of hydrogen-bond acceptors (Lipinski definition) is 4. The number of aryl methyl sites for hydroxylation is 1. The number of para-hydroxylation sites is 1.